The molecule has 0 aromatic rings. The van der Waals surface area contributed by atoms with Gasteiger partial charge in [0.2, 0.25) is 0 Å². The summed E-state index contributed by atoms with van der Waals surface area (Å²) in [5.41, 5.74) is 11.6. The molecule has 382 valence electrons. The predicted octanol–water partition coefficient (Wildman–Crippen LogP) is 11.9. The Kier molecular flexibility index (Phi) is 47.2. The van der Waals surface area contributed by atoms with E-state index in [4.69, 9.17) is 20.9 Å². The van der Waals surface area contributed by atoms with Gasteiger partial charge in [-0.3, -0.25) is 9.59 Å². The highest BCUT2D eigenvalue weighted by molar-refractivity contribution is 5.72. The van der Waals surface area contributed by atoms with E-state index in [1.54, 1.807) is 0 Å². The van der Waals surface area contributed by atoms with Gasteiger partial charge in [0.1, 0.15) is 0 Å². The number of rotatable bonds is 51. The van der Waals surface area contributed by atoms with Crippen molar-refractivity contribution in [1.82, 2.24) is 9.80 Å². The summed E-state index contributed by atoms with van der Waals surface area (Å²) in [6, 6.07) is 0. The topological polar surface area (TPSA) is 152 Å². The highest BCUT2D eigenvalue weighted by Crippen LogP contribution is 2.22. The van der Waals surface area contributed by atoms with Crippen molar-refractivity contribution in [3.05, 3.63) is 0 Å². The van der Waals surface area contributed by atoms with E-state index in [0.29, 0.717) is 26.3 Å². The minimum atomic E-state index is -0.535. The summed E-state index contributed by atoms with van der Waals surface area (Å²) >= 11 is 0. The summed E-state index contributed by atoms with van der Waals surface area (Å²) in [5, 5.41) is 20.8. The molecule has 0 aliphatic rings. The second-order valence-electron chi connectivity index (χ2n) is 19.5. The number of unbranched alkanes of at least 4 members (excludes halogenated alkanes) is 23. The standard InChI is InChI=1S/C54H110N4O6/c1-5-9-13-17-19-27-37-49(35-25-15-11-7-3)53(61)63-43-33-23-21-29-39-57(47-51(59)45-55)41-31-32-42-58(48-52(60)46-56)40-30-22-24-34-44-64-54(62)50(36-26-16-12-8-4)38-28-20-18-14-10-6-2/h49-52,59-60H,5-48,55-56H2,1-4H3. The molecule has 0 saturated heterocycles. The zero-order chi connectivity index (χ0) is 47.1. The van der Waals surface area contributed by atoms with Gasteiger partial charge in [0, 0.05) is 26.2 Å². The molecule has 0 saturated carbocycles. The van der Waals surface area contributed by atoms with Crippen molar-refractivity contribution in [2.75, 3.05) is 65.6 Å². The Balaban J connectivity index is 4.63. The highest BCUT2D eigenvalue weighted by atomic mass is 16.5. The lowest BCUT2D eigenvalue weighted by molar-refractivity contribution is -0.150. The molecule has 0 fully saturated rings. The van der Waals surface area contributed by atoms with Gasteiger partial charge in [0.25, 0.3) is 0 Å². The Morgan fingerprint density at radius 2 is 0.641 bits per heavy atom. The lowest BCUT2D eigenvalue weighted by Gasteiger charge is -2.27. The lowest BCUT2D eigenvalue weighted by atomic mass is 9.94. The molecule has 0 spiro atoms. The molecule has 0 aliphatic heterocycles. The van der Waals surface area contributed by atoms with Crippen molar-refractivity contribution >= 4 is 11.9 Å². The number of esters is 2. The van der Waals surface area contributed by atoms with Gasteiger partial charge in [0.05, 0.1) is 37.3 Å². The molecule has 0 rings (SSSR count). The number of aliphatic hydroxyl groups is 2. The van der Waals surface area contributed by atoms with Crippen LogP contribution in [-0.2, 0) is 19.1 Å². The fourth-order valence-electron chi connectivity index (χ4n) is 8.91. The predicted molar refractivity (Wildman–Crippen MR) is 272 cm³/mol. The molecule has 10 nitrogen and oxygen atoms in total. The van der Waals surface area contributed by atoms with Gasteiger partial charge in [-0.25, -0.2) is 0 Å². The Morgan fingerprint density at radius 1 is 0.391 bits per heavy atom. The molecule has 0 aromatic carbocycles. The number of hydrogen-bond acceptors (Lipinski definition) is 10. The fraction of sp³-hybridized carbons (Fsp3) is 0.963. The van der Waals surface area contributed by atoms with Crippen molar-refractivity contribution in [2.45, 2.75) is 258 Å². The van der Waals surface area contributed by atoms with Gasteiger partial charge in [0.15, 0.2) is 0 Å². The van der Waals surface area contributed by atoms with Crippen molar-refractivity contribution in [1.29, 1.82) is 0 Å². The van der Waals surface area contributed by atoms with Crippen LogP contribution in [0.15, 0.2) is 0 Å². The van der Waals surface area contributed by atoms with Crippen molar-refractivity contribution < 1.29 is 29.3 Å². The molecule has 10 heteroatoms. The molecule has 64 heavy (non-hydrogen) atoms. The van der Waals surface area contributed by atoms with E-state index in [-0.39, 0.29) is 36.9 Å². The van der Waals surface area contributed by atoms with E-state index >= 15 is 0 Å². The number of aliphatic hydroxyl groups excluding tert-OH is 2. The van der Waals surface area contributed by atoms with Crippen molar-refractivity contribution in [3.63, 3.8) is 0 Å². The van der Waals surface area contributed by atoms with E-state index in [2.05, 4.69) is 37.5 Å². The molecule has 0 radical (unpaired) electrons. The average molecular weight is 911 g/mol. The van der Waals surface area contributed by atoms with Crippen LogP contribution in [0.25, 0.3) is 0 Å². The van der Waals surface area contributed by atoms with Gasteiger partial charge < -0.3 is 41.0 Å². The van der Waals surface area contributed by atoms with Crippen LogP contribution in [0.3, 0.4) is 0 Å². The number of nitrogens with zero attached hydrogens (tertiary/aromatic N) is 2. The second-order valence-corrected chi connectivity index (χ2v) is 19.5. The van der Waals surface area contributed by atoms with Crippen LogP contribution in [0.1, 0.15) is 246 Å². The van der Waals surface area contributed by atoms with Crippen molar-refractivity contribution in [3.8, 4) is 0 Å². The number of hydrogen-bond donors (Lipinski definition) is 4. The molecule has 6 N–H and O–H groups in total. The average Bonchev–Trinajstić information content (AvgIpc) is 3.29. The molecule has 0 heterocycles. The first-order valence-corrected chi connectivity index (χ1v) is 27.8. The second kappa shape index (κ2) is 48.2. The van der Waals surface area contributed by atoms with Gasteiger partial charge in [-0.2, -0.15) is 0 Å². The summed E-state index contributed by atoms with van der Waals surface area (Å²) in [5.74, 6) is 0.154. The highest BCUT2D eigenvalue weighted by Gasteiger charge is 2.21. The molecule has 0 aliphatic carbocycles. The van der Waals surface area contributed by atoms with E-state index in [0.717, 1.165) is 142 Å². The Bertz CT molecular complexity index is 915. The zero-order valence-electron chi connectivity index (χ0n) is 43.0. The maximum atomic E-state index is 13.0. The van der Waals surface area contributed by atoms with Crippen LogP contribution in [-0.4, -0.2) is 110 Å². The van der Waals surface area contributed by atoms with Gasteiger partial charge >= 0.3 is 11.9 Å². The van der Waals surface area contributed by atoms with E-state index in [1.807, 2.05) is 0 Å². The first-order valence-electron chi connectivity index (χ1n) is 27.8. The van der Waals surface area contributed by atoms with E-state index < -0.39 is 12.2 Å². The lowest BCUT2D eigenvalue weighted by Crippen LogP contribution is -2.39. The summed E-state index contributed by atoms with van der Waals surface area (Å²) in [4.78, 5) is 30.8. The molecular weight excluding hydrogens is 801 g/mol. The van der Waals surface area contributed by atoms with E-state index in [9.17, 15) is 19.8 Å². The van der Waals surface area contributed by atoms with Crippen LogP contribution in [0.2, 0.25) is 0 Å². The molecule has 4 atom stereocenters. The number of carbonyl (C=O) groups excluding carboxylic acids is 2. The molecule has 0 bridgehead atoms. The SMILES string of the molecule is CCCCCCCCC(CCCCCC)C(=O)OCCCCCCN(CCCCN(CCCCCCOC(=O)C(CCCCCC)CCCCCCCC)CC(O)CN)CC(O)CN. The Hall–Kier alpha value is -1.30. The summed E-state index contributed by atoms with van der Waals surface area (Å²) < 4.78 is 11.6. The maximum Gasteiger partial charge on any atom is 0.308 e. The summed E-state index contributed by atoms with van der Waals surface area (Å²) in [7, 11) is 0. The zero-order valence-corrected chi connectivity index (χ0v) is 43.0. The largest absolute Gasteiger partial charge is 0.465 e. The van der Waals surface area contributed by atoms with Crippen LogP contribution in [0.5, 0.6) is 0 Å². The van der Waals surface area contributed by atoms with Crippen LogP contribution >= 0.6 is 0 Å². The number of carbonyl (C=O) groups is 2. The molecular formula is C54H110N4O6. The number of nitrogens with two attached hydrogens (primary N) is 2. The Labute approximate surface area is 396 Å². The molecule has 4 unspecified atom stereocenters. The fourth-order valence-corrected chi connectivity index (χ4v) is 8.91. The number of ether oxygens (including phenoxy) is 2. The third kappa shape index (κ3) is 39.8. The Morgan fingerprint density at radius 3 is 0.953 bits per heavy atom. The van der Waals surface area contributed by atoms with Crippen LogP contribution in [0, 0.1) is 11.8 Å². The normalized spacial score (nSPS) is 13.7. The minimum Gasteiger partial charge on any atom is -0.465 e. The smallest absolute Gasteiger partial charge is 0.308 e. The van der Waals surface area contributed by atoms with Crippen molar-refractivity contribution in [2.24, 2.45) is 23.3 Å². The summed E-state index contributed by atoms with van der Waals surface area (Å²) in [6.45, 7) is 15.3. The third-order valence-electron chi connectivity index (χ3n) is 13.2. The van der Waals surface area contributed by atoms with Gasteiger partial charge in [-0.1, -0.05) is 182 Å². The van der Waals surface area contributed by atoms with Gasteiger partial charge in [-0.05, 0) is 90.4 Å². The molecule has 0 aromatic heterocycles. The third-order valence-corrected chi connectivity index (χ3v) is 13.2. The first kappa shape index (κ1) is 62.7. The van der Waals surface area contributed by atoms with Crippen LogP contribution in [0.4, 0.5) is 0 Å². The molecule has 0 amide bonds. The monoisotopic (exact) mass is 911 g/mol. The van der Waals surface area contributed by atoms with Crippen LogP contribution < -0.4 is 11.5 Å². The summed E-state index contributed by atoms with van der Waals surface area (Å²) in [6.07, 6.45) is 37.4. The first-order chi connectivity index (χ1) is 31.3. The van der Waals surface area contributed by atoms with Gasteiger partial charge in [-0.15, -0.1) is 0 Å². The van der Waals surface area contributed by atoms with E-state index in [1.165, 1.54) is 103 Å². The maximum absolute atomic E-state index is 13.0. The quantitative estimate of drug-likeness (QED) is 0.0343. The minimum absolute atomic E-state index is 0.0213.